The SMILES string of the molecule is COc1ccc(C(=O)Cc2cnn(C)c2)c(OC)c1OC. The Bertz CT molecular complexity index is 649. The highest BCUT2D eigenvalue weighted by Gasteiger charge is 2.20. The highest BCUT2D eigenvalue weighted by molar-refractivity contribution is 6.01. The quantitative estimate of drug-likeness (QED) is 0.760. The predicted octanol–water partition coefficient (Wildman–Crippen LogP) is 1.87. The molecule has 6 nitrogen and oxygen atoms in total. The molecule has 1 aromatic carbocycles. The van der Waals surface area contributed by atoms with Crippen molar-refractivity contribution in [2.45, 2.75) is 6.42 Å². The zero-order chi connectivity index (χ0) is 15.4. The lowest BCUT2D eigenvalue weighted by molar-refractivity contribution is 0.0989. The summed E-state index contributed by atoms with van der Waals surface area (Å²) < 4.78 is 17.5. The minimum absolute atomic E-state index is 0.0687. The third-order valence-electron chi connectivity index (χ3n) is 3.13. The number of rotatable bonds is 6. The second-order valence-electron chi connectivity index (χ2n) is 4.50. The molecule has 21 heavy (non-hydrogen) atoms. The number of methoxy groups -OCH3 is 3. The van der Waals surface area contributed by atoms with Gasteiger partial charge in [0.25, 0.3) is 0 Å². The normalized spacial score (nSPS) is 10.3. The molecule has 0 spiro atoms. The molecule has 2 rings (SSSR count). The fraction of sp³-hybridized carbons (Fsp3) is 0.333. The van der Waals surface area contributed by atoms with Crippen molar-refractivity contribution < 1.29 is 19.0 Å². The summed E-state index contributed by atoms with van der Waals surface area (Å²) in [5.41, 5.74) is 1.30. The summed E-state index contributed by atoms with van der Waals surface area (Å²) in [6, 6.07) is 3.37. The maximum atomic E-state index is 12.5. The first-order valence-electron chi connectivity index (χ1n) is 6.40. The largest absolute Gasteiger partial charge is 0.493 e. The maximum absolute atomic E-state index is 12.5. The first-order chi connectivity index (χ1) is 10.1. The number of ketones is 1. The van der Waals surface area contributed by atoms with Gasteiger partial charge in [0, 0.05) is 19.7 Å². The highest BCUT2D eigenvalue weighted by atomic mass is 16.5. The van der Waals surface area contributed by atoms with Crippen molar-refractivity contribution in [2.75, 3.05) is 21.3 Å². The molecule has 0 radical (unpaired) electrons. The fourth-order valence-corrected chi connectivity index (χ4v) is 2.16. The molecule has 0 amide bonds. The van der Waals surface area contributed by atoms with Gasteiger partial charge in [0.2, 0.25) is 5.75 Å². The van der Waals surface area contributed by atoms with E-state index in [0.717, 1.165) is 5.56 Å². The van der Waals surface area contributed by atoms with Gasteiger partial charge in [-0.05, 0) is 17.7 Å². The molecule has 0 fully saturated rings. The van der Waals surface area contributed by atoms with Crippen molar-refractivity contribution in [1.29, 1.82) is 0 Å². The van der Waals surface area contributed by atoms with Gasteiger partial charge < -0.3 is 14.2 Å². The van der Waals surface area contributed by atoms with Gasteiger partial charge in [0.15, 0.2) is 17.3 Å². The van der Waals surface area contributed by atoms with Crippen LogP contribution in [0.5, 0.6) is 17.2 Å². The third-order valence-corrected chi connectivity index (χ3v) is 3.13. The molecule has 0 aliphatic rings. The molecular formula is C15H18N2O4. The van der Waals surface area contributed by atoms with E-state index in [0.29, 0.717) is 22.8 Å². The Morgan fingerprint density at radius 3 is 2.38 bits per heavy atom. The molecule has 0 aliphatic carbocycles. The number of hydrogen-bond donors (Lipinski definition) is 0. The molecule has 2 aromatic rings. The first kappa shape index (κ1) is 14.9. The lowest BCUT2D eigenvalue weighted by atomic mass is 10.0. The molecule has 0 N–H and O–H groups in total. The summed E-state index contributed by atoms with van der Waals surface area (Å²) >= 11 is 0. The van der Waals surface area contributed by atoms with Crippen molar-refractivity contribution in [2.24, 2.45) is 7.05 Å². The van der Waals surface area contributed by atoms with E-state index >= 15 is 0 Å². The third kappa shape index (κ3) is 2.99. The van der Waals surface area contributed by atoms with Crippen LogP contribution in [0.1, 0.15) is 15.9 Å². The Balaban J connectivity index is 2.36. The average molecular weight is 290 g/mol. The Hall–Kier alpha value is -2.50. The van der Waals surface area contributed by atoms with E-state index in [2.05, 4.69) is 5.10 Å². The number of aromatic nitrogens is 2. The number of hydrogen-bond acceptors (Lipinski definition) is 5. The van der Waals surface area contributed by atoms with Crippen LogP contribution in [0.15, 0.2) is 24.5 Å². The first-order valence-corrected chi connectivity index (χ1v) is 6.40. The molecule has 6 heteroatoms. The molecule has 0 atom stereocenters. The van der Waals surface area contributed by atoms with Crippen molar-refractivity contribution >= 4 is 5.78 Å². The Labute approximate surface area is 123 Å². The van der Waals surface area contributed by atoms with Crippen LogP contribution in [0, 0.1) is 0 Å². The van der Waals surface area contributed by atoms with Crippen LogP contribution in [0.2, 0.25) is 0 Å². The Kier molecular flexibility index (Phi) is 4.47. The van der Waals surface area contributed by atoms with E-state index in [4.69, 9.17) is 14.2 Å². The van der Waals surface area contributed by atoms with Gasteiger partial charge in [-0.25, -0.2) is 0 Å². The zero-order valence-corrected chi connectivity index (χ0v) is 12.5. The summed E-state index contributed by atoms with van der Waals surface area (Å²) in [6.07, 6.45) is 3.73. The van der Waals surface area contributed by atoms with Crippen LogP contribution < -0.4 is 14.2 Å². The van der Waals surface area contributed by atoms with Gasteiger partial charge >= 0.3 is 0 Å². The van der Waals surface area contributed by atoms with E-state index in [-0.39, 0.29) is 12.2 Å². The van der Waals surface area contributed by atoms with Crippen molar-refractivity contribution in [3.8, 4) is 17.2 Å². The molecule has 0 saturated carbocycles. The summed E-state index contributed by atoms with van der Waals surface area (Å²) in [6.45, 7) is 0. The minimum atomic E-state index is -0.0687. The minimum Gasteiger partial charge on any atom is -0.493 e. The van der Waals surface area contributed by atoms with E-state index < -0.39 is 0 Å². The average Bonchev–Trinajstić information content (AvgIpc) is 2.90. The van der Waals surface area contributed by atoms with Gasteiger partial charge in [0.05, 0.1) is 33.1 Å². The Morgan fingerprint density at radius 2 is 1.86 bits per heavy atom. The monoisotopic (exact) mass is 290 g/mol. The van der Waals surface area contributed by atoms with Gasteiger partial charge in [-0.3, -0.25) is 9.48 Å². The summed E-state index contributed by atoms with van der Waals surface area (Å²) in [5.74, 6) is 1.25. The summed E-state index contributed by atoms with van der Waals surface area (Å²) in [7, 11) is 6.35. The van der Waals surface area contributed by atoms with E-state index in [1.54, 1.807) is 23.0 Å². The standard InChI is InChI=1S/C15H18N2O4/c1-17-9-10(8-16-17)7-12(18)11-5-6-13(19-2)15(21-4)14(11)20-3/h5-6,8-9H,7H2,1-4H3. The highest BCUT2D eigenvalue weighted by Crippen LogP contribution is 2.40. The van der Waals surface area contributed by atoms with Crippen LogP contribution in [-0.2, 0) is 13.5 Å². The number of ether oxygens (including phenoxy) is 3. The van der Waals surface area contributed by atoms with Crippen molar-refractivity contribution in [3.05, 3.63) is 35.7 Å². The molecule has 0 aliphatic heterocycles. The van der Waals surface area contributed by atoms with Crippen LogP contribution in [0.25, 0.3) is 0 Å². The molecule has 0 bridgehead atoms. The number of aryl methyl sites for hydroxylation is 1. The topological polar surface area (TPSA) is 62.6 Å². The molecule has 0 unspecified atom stereocenters. The van der Waals surface area contributed by atoms with Gasteiger partial charge in [-0.15, -0.1) is 0 Å². The van der Waals surface area contributed by atoms with Crippen molar-refractivity contribution in [3.63, 3.8) is 0 Å². The Morgan fingerprint density at radius 1 is 1.14 bits per heavy atom. The number of carbonyl (C=O) groups is 1. The zero-order valence-electron chi connectivity index (χ0n) is 12.5. The number of nitrogens with zero attached hydrogens (tertiary/aromatic N) is 2. The predicted molar refractivity (Wildman–Crippen MR) is 77.3 cm³/mol. The van der Waals surface area contributed by atoms with Crippen molar-refractivity contribution in [1.82, 2.24) is 9.78 Å². The van der Waals surface area contributed by atoms with Crippen LogP contribution in [0.4, 0.5) is 0 Å². The molecule has 112 valence electrons. The second kappa shape index (κ2) is 6.30. The lowest BCUT2D eigenvalue weighted by Gasteiger charge is -2.14. The van der Waals surface area contributed by atoms with E-state index in [9.17, 15) is 4.79 Å². The molecule has 0 saturated heterocycles. The second-order valence-corrected chi connectivity index (χ2v) is 4.50. The van der Waals surface area contributed by atoms with Crippen LogP contribution in [0.3, 0.4) is 0 Å². The summed E-state index contributed by atoms with van der Waals surface area (Å²) in [5, 5.41) is 4.06. The maximum Gasteiger partial charge on any atom is 0.204 e. The smallest absolute Gasteiger partial charge is 0.204 e. The number of carbonyl (C=O) groups excluding carboxylic acids is 1. The van der Waals surface area contributed by atoms with Crippen LogP contribution >= 0.6 is 0 Å². The van der Waals surface area contributed by atoms with E-state index in [1.807, 2.05) is 13.2 Å². The van der Waals surface area contributed by atoms with Crippen LogP contribution in [-0.4, -0.2) is 36.9 Å². The lowest BCUT2D eigenvalue weighted by Crippen LogP contribution is -2.07. The molecule has 1 aromatic heterocycles. The summed E-state index contributed by atoms with van der Waals surface area (Å²) in [4.78, 5) is 12.5. The molecule has 1 heterocycles. The molecular weight excluding hydrogens is 272 g/mol. The van der Waals surface area contributed by atoms with Gasteiger partial charge in [0.1, 0.15) is 0 Å². The van der Waals surface area contributed by atoms with Gasteiger partial charge in [-0.1, -0.05) is 0 Å². The number of benzene rings is 1. The van der Waals surface area contributed by atoms with E-state index in [1.165, 1.54) is 21.3 Å². The van der Waals surface area contributed by atoms with Gasteiger partial charge in [-0.2, -0.15) is 5.10 Å². The number of Topliss-reactive ketones (excluding diaryl/α,β-unsaturated/α-hetero) is 1. The fourth-order valence-electron chi connectivity index (χ4n) is 2.16.